The quantitative estimate of drug-likeness (QED) is 0.871. The summed E-state index contributed by atoms with van der Waals surface area (Å²) in [5, 5.41) is 0. The van der Waals surface area contributed by atoms with Crippen molar-refractivity contribution < 1.29 is 13.2 Å². The Balaban J connectivity index is 2.52. The van der Waals surface area contributed by atoms with Gasteiger partial charge in [-0.3, -0.25) is 0 Å². The Bertz CT molecular complexity index is 377. The van der Waals surface area contributed by atoms with Gasteiger partial charge < -0.3 is 5.73 Å². The highest BCUT2D eigenvalue weighted by Gasteiger charge is 2.26. The average Bonchev–Trinajstić information content (AvgIpc) is 2.20. The van der Waals surface area contributed by atoms with Crippen LogP contribution < -0.4 is 5.73 Å². The van der Waals surface area contributed by atoms with Crippen LogP contribution in [-0.2, 0) is 0 Å². The van der Waals surface area contributed by atoms with E-state index >= 15 is 0 Å². The fourth-order valence-electron chi connectivity index (χ4n) is 1.53. The number of hydrogen-bond donors (Lipinski definition) is 1. The second-order valence-corrected chi connectivity index (χ2v) is 4.98. The van der Waals surface area contributed by atoms with Crippen molar-refractivity contribution in [2.24, 2.45) is 5.73 Å². The van der Waals surface area contributed by atoms with E-state index in [2.05, 4.69) is 15.9 Å². The molecule has 96 valence electrons. The van der Waals surface area contributed by atoms with Gasteiger partial charge in [0.15, 0.2) is 0 Å². The molecule has 5 heteroatoms. The average molecular weight is 310 g/mol. The topological polar surface area (TPSA) is 26.0 Å². The van der Waals surface area contributed by atoms with Crippen LogP contribution in [0.1, 0.15) is 36.4 Å². The van der Waals surface area contributed by atoms with E-state index < -0.39 is 12.6 Å². The third-order valence-electron chi connectivity index (χ3n) is 2.60. The molecule has 0 spiro atoms. The minimum Gasteiger partial charge on any atom is -0.324 e. The van der Waals surface area contributed by atoms with Crippen molar-refractivity contribution in [3.63, 3.8) is 0 Å². The Morgan fingerprint density at radius 3 is 2.53 bits per heavy atom. The Morgan fingerprint density at radius 1 is 1.35 bits per heavy atom. The highest BCUT2D eigenvalue weighted by molar-refractivity contribution is 9.10. The van der Waals surface area contributed by atoms with E-state index in [1.165, 1.54) is 0 Å². The van der Waals surface area contributed by atoms with E-state index in [1.54, 1.807) is 0 Å². The third-order valence-corrected chi connectivity index (χ3v) is 3.45. The Hall–Kier alpha value is -0.550. The number of halogens is 4. The molecule has 0 aromatic heterocycles. The van der Waals surface area contributed by atoms with Gasteiger partial charge in [0.2, 0.25) is 0 Å². The SMILES string of the molecule is Cc1ccc(C(N)CCCC(F)(F)F)cc1Br. The molecule has 2 N–H and O–H groups in total. The van der Waals surface area contributed by atoms with Gasteiger partial charge in [-0.25, -0.2) is 0 Å². The monoisotopic (exact) mass is 309 g/mol. The molecule has 0 heterocycles. The molecule has 1 unspecified atom stereocenters. The molecule has 0 saturated carbocycles. The lowest BCUT2D eigenvalue weighted by molar-refractivity contribution is -0.135. The minimum absolute atomic E-state index is 0.0656. The Labute approximate surface area is 107 Å². The molecule has 1 nitrogen and oxygen atoms in total. The maximum atomic E-state index is 12.0. The van der Waals surface area contributed by atoms with Crippen molar-refractivity contribution in [1.29, 1.82) is 0 Å². The first kappa shape index (κ1) is 14.5. The molecule has 0 radical (unpaired) electrons. The molecule has 0 aliphatic carbocycles. The molecule has 0 aliphatic heterocycles. The first-order valence-electron chi connectivity index (χ1n) is 5.38. The van der Waals surface area contributed by atoms with Gasteiger partial charge in [-0.05, 0) is 37.0 Å². The van der Waals surface area contributed by atoms with Gasteiger partial charge in [-0.15, -0.1) is 0 Å². The summed E-state index contributed by atoms with van der Waals surface area (Å²) in [4.78, 5) is 0. The number of aryl methyl sites for hydroxylation is 1. The summed E-state index contributed by atoms with van der Waals surface area (Å²) in [6.45, 7) is 1.95. The predicted molar refractivity (Wildman–Crippen MR) is 65.7 cm³/mol. The fourth-order valence-corrected chi connectivity index (χ4v) is 1.93. The first-order chi connectivity index (χ1) is 7.79. The van der Waals surface area contributed by atoms with Crippen LogP contribution in [0, 0.1) is 6.92 Å². The zero-order valence-electron chi connectivity index (χ0n) is 9.52. The Morgan fingerprint density at radius 2 is 2.00 bits per heavy atom. The van der Waals surface area contributed by atoms with Gasteiger partial charge in [0.1, 0.15) is 0 Å². The number of hydrogen-bond acceptors (Lipinski definition) is 1. The highest BCUT2D eigenvalue weighted by atomic mass is 79.9. The third kappa shape index (κ3) is 5.08. The Kier molecular flexibility index (Phi) is 5.01. The summed E-state index contributed by atoms with van der Waals surface area (Å²) in [6.07, 6.45) is -4.45. The van der Waals surface area contributed by atoms with Crippen LogP contribution in [0.5, 0.6) is 0 Å². The van der Waals surface area contributed by atoms with Crippen molar-refractivity contribution in [1.82, 2.24) is 0 Å². The standard InChI is InChI=1S/C12H15BrF3N/c1-8-4-5-9(7-10(8)13)11(17)3-2-6-12(14,15)16/h4-5,7,11H,2-3,6,17H2,1H3. The molecule has 0 aliphatic rings. The van der Waals surface area contributed by atoms with E-state index in [0.717, 1.165) is 15.6 Å². The number of alkyl halides is 3. The number of nitrogens with two attached hydrogens (primary N) is 1. The van der Waals surface area contributed by atoms with Gasteiger partial charge in [-0.2, -0.15) is 13.2 Å². The zero-order chi connectivity index (χ0) is 13.1. The second-order valence-electron chi connectivity index (χ2n) is 4.12. The maximum absolute atomic E-state index is 12.0. The molecular formula is C12H15BrF3N. The molecule has 17 heavy (non-hydrogen) atoms. The highest BCUT2D eigenvalue weighted by Crippen LogP contribution is 2.27. The van der Waals surface area contributed by atoms with Crippen LogP contribution >= 0.6 is 15.9 Å². The van der Waals surface area contributed by atoms with Crippen molar-refractivity contribution in [3.8, 4) is 0 Å². The van der Waals surface area contributed by atoms with E-state index in [4.69, 9.17) is 5.73 Å². The van der Waals surface area contributed by atoms with Crippen LogP contribution in [0.25, 0.3) is 0 Å². The van der Waals surface area contributed by atoms with Crippen LogP contribution in [0.2, 0.25) is 0 Å². The van der Waals surface area contributed by atoms with Crippen molar-refractivity contribution in [3.05, 3.63) is 33.8 Å². The van der Waals surface area contributed by atoms with Crippen molar-refractivity contribution in [2.75, 3.05) is 0 Å². The molecule has 0 amide bonds. The van der Waals surface area contributed by atoms with Crippen molar-refractivity contribution in [2.45, 2.75) is 38.4 Å². The van der Waals surface area contributed by atoms with Crippen LogP contribution in [0.4, 0.5) is 13.2 Å². The minimum atomic E-state index is -4.09. The maximum Gasteiger partial charge on any atom is 0.389 e. The molecule has 0 saturated heterocycles. The largest absolute Gasteiger partial charge is 0.389 e. The van der Waals surface area contributed by atoms with Gasteiger partial charge in [-0.1, -0.05) is 28.1 Å². The van der Waals surface area contributed by atoms with Crippen molar-refractivity contribution >= 4 is 15.9 Å². The van der Waals surface area contributed by atoms with Gasteiger partial charge >= 0.3 is 6.18 Å². The van der Waals surface area contributed by atoms with Gasteiger partial charge in [0.05, 0.1) is 0 Å². The number of benzene rings is 1. The van der Waals surface area contributed by atoms with E-state index in [1.807, 2.05) is 25.1 Å². The molecule has 0 bridgehead atoms. The van der Waals surface area contributed by atoms with Crippen LogP contribution in [0.15, 0.2) is 22.7 Å². The summed E-state index contributed by atoms with van der Waals surface area (Å²) >= 11 is 3.38. The molecule has 1 rings (SSSR count). The van der Waals surface area contributed by atoms with Crippen LogP contribution in [-0.4, -0.2) is 6.18 Å². The van der Waals surface area contributed by atoms with E-state index in [0.29, 0.717) is 6.42 Å². The first-order valence-corrected chi connectivity index (χ1v) is 6.17. The smallest absolute Gasteiger partial charge is 0.324 e. The number of rotatable bonds is 4. The molecule has 1 atom stereocenters. The molecule has 0 fully saturated rings. The summed E-state index contributed by atoms with van der Waals surface area (Å²) in [5.74, 6) is 0. The lowest BCUT2D eigenvalue weighted by Gasteiger charge is -2.14. The van der Waals surface area contributed by atoms with Gasteiger partial charge in [0.25, 0.3) is 0 Å². The van der Waals surface area contributed by atoms with Crippen LogP contribution in [0.3, 0.4) is 0 Å². The second kappa shape index (κ2) is 5.87. The van der Waals surface area contributed by atoms with E-state index in [-0.39, 0.29) is 12.5 Å². The zero-order valence-corrected chi connectivity index (χ0v) is 11.1. The summed E-state index contributed by atoms with van der Waals surface area (Å²) in [5.41, 5.74) is 7.80. The van der Waals surface area contributed by atoms with Gasteiger partial charge in [0, 0.05) is 16.9 Å². The molecular weight excluding hydrogens is 295 g/mol. The lowest BCUT2D eigenvalue weighted by Crippen LogP contribution is -2.13. The summed E-state index contributed by atoms with van der Waals surface area (Å²) in [6, 6.07) is 5.30. The molecule has 1 aromatic carbocycles. The lowest BCUT2D eigenvalue weighted by atomic mass is 10.0. The summed E-state index contributed by atoms with van der Waals surface area (Å²) < 4.78 is 36.9. The fraction of sp³-hybridized carbons (Fsp3) is 0.500. The normalized spacial score (nSPS) is 13.8. The van der Waals surface area contributed by atoms with E-state index in [9.17, 15) is 13.2 Å². The predicted octanol–water partition coefficient (Wildman–Crippen LogP) is 4.49. The molecule has 1 aromatic rings. The summed E-state index contributed by atoms with van der Waals surface area (Å²) in [7, 11) is 0.